The number of hydrogen-bond donors (Lipinski definition) is 2. The third kappa shape index (κ3) is 5.14. The smallest absolute Gasteiger partial charge is 0.214 e. The Kier molecular flexibility index (Phi) is 6.14. The van der Waals surface area contributed by atoms with Crippen molar-refractivity contribution in [2.45, 2.75) is 26.7 Å². The van der Waals surface area contributed by atoms with Crippen molar-refractivity contribution in [3.8, 4) is 5.88 Å². The SMILES string of the molecule is CCCCOCCOc1cc(C(=N)N)cc(C)n1. The molecule has 1 heterocycles. The molecule has 0 aromatic carbocycles. The van der Waals surface area contributed by atoms with Crippen molar-refractivity contribution in [3.05, 3.63) is 23.4 Å². The van der Waals surface area contributed by atoms with Gasteiger partial charge in [-0.3, -0.25) is 5.41 Å². The minimum Gasteiger partial charge on any atom is -0.475 e. The lowest BCUT2D eigenvalue weighted by atomic mass is 10.2. The average molecular weight is 251 g/mol. The van der Waals surface area contributed by atoms with Gasteiger partial charge >= 0.3 is 0 Å². The minimum absolute atomic E-state index is 0.0181. The van der Waals surface area contributed by atoms with Gasteiger partial charge in [-0.1, -0.05) is 13.3 Å². The Balaban J connectivity index is 2.40. The second-order valence-corrected chi connectivity index (χ2v) is 4.06. The second kappa shape index (κ2) is 7.66. The quantitative estimate of drug-likeness (QED) is 0.420. The molecule has 1 aromatic rings. The summed E-state index contributed by atoms with van der Waals surface area (Å²) in [5.41, 5.74) is 6.85. The largest absolute Gasteiger partial charge is 0.475 e. The molecule has 0 unspecified atom stereocenters. The number of nitrogens with zero attached hydrogens (tertiary/aromatic N) is 1. The van der Waals surface area contributed by atoms with E-state index in [9.17, 15) is 0 Å². The van der Waals surface area contributed by atoms with Gasteiger partial charge in [0.1, 0.15) is 12.4 Å². The number of nitrogens with two attached hydrogens (primary N) is 1. The van der Waals surface area contributed by atoms with Crippen LogP contribution in [0.4, 0.5) is 0 Å². The summed E-state index contributed by atoms with van der Waals surface area (Å²) < 4.78 is 10.9. The van der Waals surface area contributed by atoms with E-state index in [1.807, 2.05) is 6.92 Å². The zero-order valence-corrected chi connectivity index (χ0v) is 11.0. The van der Waals surface area contributed by atoms with Crippen LogP contribution in [-0.4, -0.2) is 30.6 Å². The fraction of sp³-hybridized carbons (Fsp3) is 0.538. The minimum atomic E-state index is 0.0181. The van der Waals surface area contributed by atoms with Gasteiger partial charge in [0.2, 0.25) is 5.88 Å². The summed E-state index contributed by atoms with van der Waals surface area (Å²) in [5.74, 6) is 0.504. The Labute approximate surface area is 108 Å². The Morgan fingerprint density at radius 2 is 2.11 bits per heavy atom. The van der Waals surface area contributed by atoms with Crippen molar-refractivity contribution in [2.24, 2.45) is 5.73 Å². The van der Waals surface area contributed by atoms with E-state index in [2.05, 4.69) is 11.9 Å². The number of ether oxygens (including phenoxy) is 2. The Morgan fingerprint density at radius 1 is 1.33 bits per heavy atom. The molecule has 0 spiro atoms. The highest BCUT2D eigenvalue weighted by molar-refractivity contribution is 5.95. The lowest BCUT2D eigenvalue weighted by Gasteiger charge is -2.08. The monoisotopic (exact) mass is 251 g/mol. The first kappa shape index (κ1) is 14.4. The summed E-state index contributed by atoms with van der Waals surface area (Å²) >= 11 is 0. The van der Waals surface area contributed by atoms with Gasteiger partial charge in [0.15, 0.2) is 0 Å². The standard InChI is InChI=1S/C13H21N3O2/c1-3-4-5-17-6-7-18-12-9-11(13(14)15)8-10(2)16-12/h8-9H,3-7H2,1-2H3,(H3,14,15). The van der Waals surface area contributed by atoms with Gasteiger partial charge in [0, 0.05) is 23.9 Å². The van der Waals surface area contributed by atoms with Crippen molar-refractivity contribution in [2.75, 3.05) is 19.8 Å². The van der Waals surface area contributed by atoms with Crippen molar-refractivity contribution in [3.63, 3.8) is 0 Å². The topological polar surface area (TPSA) is 81.2 Å². The molecule has 100 valence electrons. The maximum absolute atomic E-state index is 7.39. The molecule has 0 aliphatic heterocycles. The van der Waals surface area contributed by atoms with Gasteiger partial charge in [0.05, 0.1) is 6.61 Å². The summed E-state index contributed by atoms with van der Waals surface area (Å²) in [6.07, 6.45) is 2.19. The summed E-state index contributed by atoms with van der Waals surface area (Å²) in [4.78, 5) is 4.22. The third-order valence-electron chi connectivity index (χ3n) is 2.36. The number of rotatable bonds is 8. The highest BCUT2D eigenvalue weighted by Crippen LogP contribution is 2.11. The average Bonchev–Trinajstić information content (AvgIpc) is 2.33. The van der Waals surface area contributed by atoms with Crippen LogP contribution in [0.15, 0.2) is 12.1 Å². The molecule has 0 amide bonds. The first-order valence-electron chi connectivity index (χ1n) is 6.17. The number of aromatic nitrogens is 1. The summed E-state index contributed by atoms with van der Waals surface area (Å²) in [7, 11) is 0. The first-order valence-corrected chi connectivity index (χ1v) is 6.17. The van der Waals surface area contributed by atoms with Gasteiger partial charge in [0.25, 0.3) is 0 Å². The number of nitrogen functional groups attached to an aromatic ring is 1. The number of amidine groups is 1. The summed E-state index contributed by atoms with van der Waals surface area (Å²) in [6.45, 7) is 5.74. The van der Waals surface area contributed by atoms with E-state index in [1.165, 1.54) is 0 Å². The van der Waals surface area contributed by atoms with Crippen LogP contribution in [0.2, 0.25) is 0 Å². The zero-order valence-electron chi connectivity index (χ0n) is 11.0. The Morgan fingerprint density at radius 3 is 2.78 bits per heavy atom. The van der Waals surface area contributed by atoms with Crippen LogP contribution >= 0.6 is 0 Å². The molecule has 5 heteroatoms. The fourth-order valence-electron chi connectivity index (χ4n) is 1.42. The van der Waals surface area contributed by atoms with Crippen molar-refractivity contribution in [1.29, 1.82) is 5.41 Å². The van der Waals surface area contributed by atoms with Gasteiger partial charge in [-0.2, -0.15) is 0 Å². The molecule has 0 radical (unpaired) electrons. The molecule has 0 fully saturated rings. The predicted molar refractivity (Wildman–Crippen MR) is 71.2 cm³/mol. The molecular weight excluding hydrogens is 230 g/mol. The van der Waals surface area contributed by atoms with Crippen LogP contribution in [0.5, 0.6) is 5.88 Å². The van der Waals surface area contributed by atoms with Crippen LogP contribution in [-0.2, 0) is 4.74 Å². The molecule has 3 N–H and O–H groups in total. The highest BCUT2D eigenvalue weighted by Gasteiger charge is 2.03. The zero-order chi connectivity index (χ0) is 13.4. The molecule has 5 nitrogen and oxygen atoms in total. The predicted octanol–water partition coefficient (Wildman–Crippen LogP) is 1.87. The maximum atomic E-state index is 7.39. The van der Waals surface area contributed by atoms with Gasteiger partial charge < -0.3 is 15.2 Å². The molecule has 0 aliphatic carbocycles. The van der Waals surface area contributed by atoms with Crippen LogP contribution in [0.1, 0.15) is 31.0 Å². The first-order chi connectivity index (χ1) is 8.63. The molecule has 18 heavy (non-hydrogen) atoms. The summed E-state index contributed by atoms with van der Waals surface area (Å²) in [6, 6.07) is 3.42. The molecule has 0 bridgehead atoms. The summed E-state index contributed by atoms with van der Waals surface area (Å²) in [5, 5.41) is 7.39. The van der Waals surface area contributed by atoms with Gasteiger partial charge in [-0.15, -0.1) is 0 Å². The molecule has 0 saturated heterocycles. The number of nitrogens with one attached hydrogen (secondary N) is 1. The van der Waals surface area contributed by atoms with Crippen molar-refractivity contribution in [1.82, 2.24) is 4.98 Å². The number of hydrogen-bond acceptors (Lipinski definition) is 4. The lowest BCUT2D eigenvalue weighted by Crippen LogP contribution is -2.13. The third-order valence-corrected chi connectivity index (χ3v) is 2.36. The van der Waals surface area contributed by atoms with E-state index in [4.69, 9.17) is 20.6 Å². The van der Waals surface area contributed by atoms with Gasteiger partial charge in [-0.05, 0) is 19.4 Å². The van der Waals surface area contributed by atoms with Crippen LogP contribution < -0.4 is 10.5 Å². The number of aryl methyl sites for hydroxylation is 1. The van der Waals surface area contributed by atoms with E-state index in [0.717, 1.165) is 25.1 Å². The van der Waals surface area contributed by atoms with E-state index in [1.54, 1.807) is 12.1 Å². The van der Waals surface area contributed by atoms with Crippen molar-refractivity contribution >= 4 is 5.84 Å². The van der Waals surface area contributed by atoms with Gasteiger partial charge in [-0.25, -0.2) is 4.98 Å². The molecule has 1 aromatic heterocycles. The number of pyridine rings is 1. The molecule has 0 aliphatic rings. The fourth-order valence-corrected chi connectivity index (χ4v) is 1.42. The Hall–Kier alpha value is -1.62. The van der Waals surface area contributed by atoms with E-state index in [-0.39, 0.29) is 5.84 Å². The van der Waals surface area contributed by atoms with Crippen LogP contribution in [0.25, 0.3) is 0 Å². The highest BCUT2D eigenvalue weighted by atomic mass is 16.5. The lowest BCUT2D eigenvalue weighted by molar-refractivity contribution is 0.0964. The maximum Gasteiger partial charge on any atom is 0.214 e. The number of unbranched alkanes of at least 4 members (excludes halogenated alkanes) is 1. The normalized spacial score (nSPS) is 10.3. The second-order valence-electron chi connectivity index (χ2n) is 4.06. The molecular formula is C13H21N3O2. The van der Waals surface area contributed by atoms with Crippen LogP contribution in [0, 0.1) is 12.3 Å². The van der Waals surface area contributed by atoms with Crippen molar-refractivity contribution < 1.29 is 9.47 Å². The van der Waals surface area contributed by atoms with E-state index < -0.39 is 0 Å². The van der Waals surface area contributed by atoms with E-state index >= 15 is 0 Å². The molecule has 0 atom stereocenters. The van der Waals surface area contributed by atoms with E-state index in [0.29, 0.717) is 24.7 Å². The Bertz CT molecular complexity index is 394. The van der Waals surface area contributed by atoms with Crippen LogP contribution in [0.3, 0.4) is 0 Å². The molecule has 1 rings (SSSR count). The molecule has 0 saturated carbocycles.